The van der Waals surface area contributed by atoms with E-state index in [0.29, 0.717) is 16.5 Å². The minimum atomic E-state index is 0.530. The molecule has 0 aliphatic heterocycles. The van der Waals surface area contributed by atoms with Crippen molar-refractivity contribution in [3.63, 3.8) is 0 Å². The van der Waals surface area contributed by atoms with E-state index in [4.69, 9.17) is 21.1 Å². The Bertz CT molecular complexity index is 1190. The first-order chi connectivity index (χ1) is 14.5. The molecular weight excluding hydrogens is 416 g/mol. The second-order valence-electron chi connectivity index (χ2n) is 6.93. The second kappa shape index (κ2) is 8.86. The van der Waals surface area contributed by atoms with Gasteiger partial charge in [-0.25, -0.2) is 0 Å². The molecule has 0 bridgehead atoms. The van der Waals surface area contributed by atoms with Crippen molar-refractivity contribution < 1.29 is 9.47 Å². The van der Waals surface area contributed by atoms with E-state index in [9.17, 15) is 0 Å². The van der Waals surface area contributed by atoms with Gasteiger partial charge in [0, 0.05) is 11.1 Å². The lowest BCUT2D eigenvalue weighted by atomic mass is 10.2. The number of rotatable bonds is 6. The highest BCUT2D eigenvalue weighted by molar-refractivity contribution is 8.00. The Morgan fingerprint density at radius 3 is 2.63 bits per heavy atom. The van der Waals surface area contributed by atoms with E-state index in [2.05, 4.69) is 15.8 Å². The monoisotopic (exact) mass is 436 g/mol. The molecule has 4 nitrogen and oxygen atoms in total. The summed E-state index contributed by atoms with van der Waals surface area (Å²) < 4.78 is 14.9. The van der Waals surface area contributed by atoms with Gasteiger partial charge in [-0.1, -0.05) is 35.9 Å². The summed E-state index contributed by atoms with van der Waals surface area (Å²) in [5, 5.41) is 1.55. The first kappa shape index (κ1) is 20.4. The van der Waals surface area contributed by atoms with E-state index in [-0.39, 0.29) is 0 Å². The van der Waals surface area contributed by atoms with Crippen molar-refractivity contribution in [3.05, 3.63) is 83.0 Å². The Kier molecular flexibility index (Phi) is 6.02. The Morgan fingerprint density at radius 2 is 1.83 bits per heavy atom. The van der Waals surface area contributed by atoms with Crippen molar-refractivity contribution in [2.45, 2.75) is 18.7 Å². The predicted molar refractivity (Wildman–Crippen MR) is 125 cm³/mol. The number of ether oxygens (including phenoxy) is 2. The molecule has 1 aromatic heterocycles. The molecule has 0 radical (unpaired) electrons. The summed E-state index contributed by atoms with van der Waals surface area (Å²) in [4.78, 5) is 5.44. The average molecular weight is 437 g/mol. The standard InChI is InChI=1S/C24H21ClN2O2S/c1-15-8-9-23(22(10-15)28-3)30-27-18-11-16(2)24(20(25)13-18)29-19-12-17-6-4-5-7-21(17)26-14-19/h4-14,27H,1-3H3. The van der Waals surface area contributed by atoms with Gasteiger partial charge in [0.2, 0.25) is 0 Å². The van der Waals surface area contributed by atoms with Crippen molar-refractivity contribution in [1.29, 1.82) is 0 Å². The number of aryl methyl sites for hydroxylation is 2. The van der Waals surface area contributed by atoms with Gasteiger partial charge in [0.1, 0.15) is 17.2 Å². The first-order valence-electron chi connectivity index (χ1n) is 9.44. The van der Waals surface area contributed by atoms with Gasteiger partial charge in [-0.15, -0.1) is 0 Å². The fourth-order valence-electron chi connectivity index (χ4n) is 3.12. The largest absolute Gasteiger partial charge is 0.496 e. The normalized spacial score (nSPS) is 10.8. The minimum absolute atomic E-state index is 0.530. The number of hydrogen-bond acceptors (Lipinski definition) is 5. The van der Waals surface area contributed by atoms with Crippen LogP contribution in [0.3, 0.4) is 0 Å². The Hall–Kier alpha value is -2.89. The lowest BCUT2D eigenvalue weighted by molar-refractivity contribution is 0.404. The second-order valence-corrected chi connectivity index (χ2v) is 8.18. The Morgan fingerprint density at radius 1 is 1.00 bits per heavy atom. The molecule has 30 heavy (non-hydrogen) atoms. The summed E-state index contributed by atoms with van der Waals surface area (Å²) in [7, 11) is 1.67. The molecule has 0 aliphatic carbocycles. The van der Waals surface area contributed by atoms with Crippen molar-refractivity contribution in [3.8, 4) is 17.2 Å². The molecule has 0 amide bonds. The predicted octanol–water partition coefficient (Wildman–Crippen LogP) is 7.43. The molecule has 4 rings (SSSR count). The number of anilines is 1. The van der Waals surface area contributed by atoms with Crippen LogP contribution < -0.4 is 14.2 Å². The highest BCUT2D eigenvalue weighted by Gasteiger charge is 2.11. The highest BCUT2D eigenvalue weighted by Crippen LogP contribution is 2.38. The zero-order valence-electron chi connectivity index (χ0n) is 16.9. The van der Waals surface area contributed by atoms with Crippen LogP contribution in [0.1, 0.15) is 11.1 Å². The molecule has 3 aromatic carbocycles. The van der Waals surface area contributed by atoms with Crippen LogP contribution in [0.4, 0.5) is 5.69 Å². The summed E-state index contributed by atoms with van der Waals surface area (Å²) in [5.74, 6) is 2.11. The maximum absolute atomic E-state index is 6.54. The number of fused-ring (bicyclic) bond motifs is 1. The molecule has 1 heterocycles. The molecule has 0 saturated heterocycles. The lowest BCUT2D eigenvalue weighted by Gasteiger charge is -2.14. The highest BCUT2D eigenvalue weighted by atomic mass is 35.5. The van der Waals surface area contributed by atoms with Gasteiger partial charge in [0.25, 0.3) is 0 Å². The van der Waals surface area contributed by atoms with Crippen molar-refractivity contribution >= 4 is 40.1 Å². The Balaban J connectivity index is 1.53. The number of hydrogen-bond donors (Lipinski definition) is 1. The van der Waals surface area contributed by atoms with E-state index in [1.165, 1.54) is 11.9 Å². The molecule has 0 atom stereocenters. The van der Waals surface area contributed by atoms with E-state index < -0.39 is 0 Å². The summed E-state index contributed by atoms with van der Waals surface area (Å²) in [6, 6.07) is 19.8. The summed E-state index contributed by atoms with van der Waals surface area (Å²) in [6.45, 7) is 4.01. The van der Waals surface area contributed by atoms with Crippen LogP contribution in [0.5, 0.6) is 17.2 Å². The van der Waals surface area contributed by atoms with E-state index in [1.54, 1.807) is 13.3 Å². The summed E-state index contributed by atoms with van der Waals surface area (Å²) in [6.07, 6.45) is 1.71. The van der Waals surface area contributed by atoms with Crippen LogP contribution in [-0.4, -0.2) is 12.1 Å². The maximum atomic E-state index is 6.54. The number of para-hydroxylation sites is 1. The molecule has 0 unspecified atom stereocenters. The molecule has 0 spiro atoms. The van der Waals surface area contributed by atoms with Crippen LogP contribution in [0.2, 0.25) is 5.02 Å². The third-order valence-corrected chi connectivity index (χ3v) is 5.79. The van der Waals surface area contributed by atoms with E-state index in [0.717, 1.165) is 38.4 Å². The third kappa shape index (κ3) is 4.48. The molecule has 0 aliphatic rings. The van der Waals surface area contributed by atoms with Gasteiger partial charge in [-0.2, -0.15) is 0 Å². The van der Waals surface area contributed by atoms with Crippen LogP contribution in [0, 0.1) is 13.8 Å². The quantitative estimate of drug-likeness (QED) is 0.318. The molecule has 0 fully saturated rings. The average Bonchev–Trinajstić information content (AvgIpc) is 2.75. The first-order valence-corrected chi connectivity index (χ1v) is 10.6. The molecule has 4 aromatic rings. The number of aromatic nitrogens is 1. The minimum Gasteiger partial charge on any atom is -0.496 e. The van der Waals surface area contributed by atoms with Crippen LogP contribution >= 0.6 is 23.5 Å². The van der Waals surface area contributed by atoms with Crippen molar-refractivity contribution in [1.82, 2.24) is 4.98 Å². The number of halogens is 1. The SMILES string of the molecule is COc1cc(C)ccc1SNc1cc(C)c(Oc2cnc3ccccc3c2)c(Cl)c1. The van der Waals surface area contributed by atoms with Crippen LogP contribution in [0.15, 0.2) is 71.8 Å². The lowest BCUT2D eigenvalue weighted by Crippen LogP contribution is -1.94. The van der Waals surface area contributed by atoms with E-state index >= 15 is 0 Å². The van der Waals surface area contributed by atoms with Gasteiger partial charge in [0.15, 0.2) is 0 Å². The topological polar surface area (TPSA) is 43.4 Å². The smallest absolute Gasteiger partial charge is 0.149 e. The number of pyridine rings is 1. The Labute approximate surface area is 185 Å². The maximum Gasteiger partial charge on any atom is 0.149 e. The van der Waals surface area contributed by atoms with Gasteiger partial charge in [-0.3, -0.25) is 4.98 Å². The van der Waals surface area contributed by atoms with Gasteiger partial charge in [0.05, 0.1) is 28.7 Å². The van der Waals surface area contributed by atoms with E-state index in [1.807, 2.05) is 68.4 Å². The summed E-state index contributed by atoms with van der Waals surface area (Å²) in [5.41, 5.74) is 3.89. The zero-order valence-corrected chi connectivity index (χ0v) is 18.5. The fourth-order valence-corrected chi connectivity index (χ4v) is 4.15. The molecule has 6 heteroatoms. The molecule has 152 valence electrons. The van der Waals surface area contributed by atoms with Gasteiger partial charge in [-0.05, 0) is 73.3 Å². The van der Waals surface area contributed by atoms with Gasteiger partial charge >= 0.3 is 0 Å². The molecule has 1 N–H and O–H groups in total. The van der Waals surface area contributed by atoms with Crippen LogP contribution in [0.25, 0.3) is 10.9 Å². The number of nitrogens with one attached hydrogen (secondary N) is 1. The number of nitrogens with zero attached hydrogens (tertiary/aromatic N) is 1. The number of benzene rings is 3. The summed E-state index contributed by atoms with van der Waals surface area (Å²) >= 11 is 8.02. The fraction of sp³-hybridized carbons (Fsp3) is 0.125. The van der Waals surface area contributed by atoms with Gasteiger partial charge < -0.3 is 14.2 Å². The van der Waals surface area contributed by atoms with Crippen molar-refractivity contribution in [2.24, 2.45) is 0 Å². The molecule has 0 saturated carbocycles. The van der Waals surface area contributed by atoms with Crippen LogP contribution in [-0.2, 0) is 0 Å². The third-order valence-electron chi connectivity index (χ3n) is 4.61. The number of methoxy groups -OCH3 is 1. The molecular formula is C24H21ClN2O2S. The zero-order chi connectivity index (χ0) is 21.1. The van der Waals surface area contributed by atoms with Crippen molar-refractivity contribution in [2.75, 3.05) is 11.8 Å².